The van der Waals surface area contributed by atoms with Crippen LogP contribution in [0.25, 0.3) is 5.69 Å². The molecule has 1 N–H and O–H groups in total. The molecule has 0 amide bonds. The predicted octanol–water partition coefficient (Wildman–Crippen LogP) is 2.43. The standard InChI is InChI=1S/C15H13ClN4O2/c16-12-3-1-2-11(8-12)15(21)9-22-14-6-4-13(5-7-14)20-10-17-18-19-20/h1-8,10,15,21H,9H2. The lowest BCUT2D eigenvalue weighted by Crippen LogP contribution is -2.09. The quantitative estimate of drug-likeness (QED) is 0.782. The highest BCUT2D eigenvalue weighted by molar-refractivity contribution is 6.30. The molecule has 6 nitrogen and oxygen atoms in total. The number of halogens is 1. The topological polar surface area (TPSA) is 73.1 Å². The smallest absolute Gasteiger partial charge is 0.143 e. The van der Waals surface area contributed by atoms with E-state index in [0.717, 1.165) is 11.3 Å². The maximum absolute atomic E-state index is 10.1. The minimum atomic E-state index is -0.738. The fraction of sp³-hybridized carbons (Fsp3) is 0.133. The molecule has 0 aliphatic rings. The van der Waals surface area contributed by atoms with E-state index < -0.39 is 6.10 Å². The van der Waals surface area contributed by atoms with Gasteiger partial charge >= 0.3 is 0 Å². The minimum absolute atomic E-state index is 0.143. The van der Waals surface area contributed by atoms with Gasteiger partial charge in [-0.1, -0.05) is 23.7 Å². The van der Waals surface area contributed by atoms with Gasteiger partial charge in [0.25, 0.3) is 0 Å². The minimum Gasteiger partial charge on any atom is -0.491 e. The fourth-order valence-corrected chi connectivity index (χ4v) is 2.16. The van der Waals surface area contributed by atoms with Crippen molar-refractivity contribution in [3.63, 3.8) is 0 Å². The molecule has 0 saturated carbocycles. The molecule has 22 heavy (non-hydrogen) atoms. The molecule has 0 fully saturated rings. The highest BCUT2D eigenvalue weighted by Crippen LogP contribution is 2.20. The summed E-state index contributed by atoms with van der Waals surface area (Å²) in [6.07, 6.45) is 0.775. The third-order valence-electron chi connectivity index (χ3n) is 3.09. The van der Waals surface area contributed by atoms with Crippen molar-refractivity contribution in [3.8, 4) is 11.4 Å². The summed E-state index contributed by atoms with van der Waals surface area (Å²) in [7, 11) is 0. The lowest BCUT2D eigenvalue weighted by Gasteiger charge is -2.13. The Morgan fingerprint density at radius 3 is 2.68 bits per heavy atom. The number of rotatable bonds is 5. The van der Waals surface area contributed by atoms with Gasteiger partial charge in [-0.3, -0.25) is 0 Å². The van der Waals surface area contributed by atoms with Crippen LogP contribution in [0.3, 0.4) is 0 Å². The Kier molecular flexibility index (Phi) is 4.32. The number of aliphatic hydroxyl groups excluding tert-OH is 1. The van der Waals surface area contributed by atoms with E-state index in [0.29, 0.717) is 10.8 Å². The zero-order valence-corrected chi connectivity index (χ0v) is 12.3. The van der Waals surface area contributed by atoms with Crippen LogP contribution in [0.2, 0.25) is 5.02 Å². The van der Waals surface area contributed by atoms with E-state index in [-0.39, 0.29) is 6.61 Å². The zero-order valence-electron chi connectivity index (χ0n) is 11.5. The van der Waals surface area contributed by atoms with Crippen LogP contribution < -0.4 is 4.74 Å². The molecule has 1 atom stereocenters. The van der Waals surface area contributed by atoms with Crippen molar-refractivity contribution in [2.24, 2.45) is 0 Å². The Morgan fingerprint density at radius 2 is 2.00 bits per heavy atom. The van der Waals surface area contributed by atoms with Gasteiger partial charge in [0.1, 0.15) is 24.8 Å². The molecular formula is C15H13ClN4O2. The van der Waals surface area contributed by atoms with Gasteiger partial charge in [0.05, 0.1) is 5.69 Å². The number of hydrogen-bond acceptors (Lipinski definition) is 5. The number of nitrogens with zero attached hydrogens (tertiary/aromatic N) is 4. The first-order valence-corrected chi connectivity index (χ1v) is 7.00. The van der Waals surface area contributed by atoms with Gasteiger partial charge in [-0.2, -0.15) is 0 Å². The molecular weight excluding hydrogens is 304 g/mol. The van der Waals surface area contributed by atoms with Crippen molar-refractivity contribution >= 4 is 11.6 Å². The van der Waals surface area contributed by atoms with Crippen molar-refractivity contribution in [1.29, 1.82) is 0 Å². The van der Waals surface area contributed by atoms with Crippen molar-refractivity contribution in [2.45, 2.75) is 6.10 Å². The lowest BCUT2D eigenvalue weighted by atomic mass is 10.1. The second-order valence-electron chi connectivity index (χ2n) is 4.63. The number of aromatic nitrogens is 4. The van der Waals surface area contributed by atoms with Gasteiger partial charge in [0.15, 0.2) is 0 Å². The molecule has 7 heteroatoms. The molecule has 2 aromatic carbocycles. The van der Waals surface area contributed by atoms with E-state index in [1.54, 1.807) is 41.1 Å². The van der Waals surface area contributed by atoms with E-state index in [1.165, 1.54) is 6.33 Å². The van der Waals surface area contributed by atoms with E-state index >= 15 is 0 Å². The number of tetrazole rings is 1. The Morgan fingerprint density at radius 1 is 1.18 bits per heavy atom. The van der Waals surface area contributed by atoms with Gasteiger partial charge in [0, 0.05) is 5.02 Å². The average molecular weight is 317 g/mol. The van der Waals surface area contributed by atoms with Gasteiger partial charge in [-0.25, -0.2) is 4.68 Å². The summed E-state index contributed by atoms with van der Waals surface area (Å²) < 4.78 is 7.13. The van der Waals surface area contributed by atoms with Crippen LogP contribution in [0.15, 0.2) is 54.9 Å². The molecule has 0 aliphatic heterocycles. The van der Waals surface area contributed by atoms with Crippen LogP contribution in [-0.4, -0.2) is 31.9 Å². The first kappa shape index (κ1) is 14.5. The Balaban J connectivity index is 1.62. The van der Waals surface area contributed by atoms with Gasteiger partial charge in [0.2, 0.25) is 0 Å². The number of aliphatic hydroxyl groups is 1. The van der Waals surface area contributed by atoms with Crippen molar-refractivity contribution in [2.75, 3.05) is 6.61 Å². The van der Waals surface area contributed by atoms with Crippen LogP contribution in [0.4, 0.5) is 0 Å². The van der Waals surface area contributed by atoms with Crippen LogP contribution in [-0.2, 0) is 0 Å². The van der Waals surface area contributed by atoms with Crippen LogP contribution in [0, 0.1) is 0 Å². The third-order valence-corrected chi connectivity index (χ3v) is 3.33. The molecule has 0 bridgehead atoms. The normalized spacial score (nSPS) is 12.1. The van der Waals surface area contributed by atoms with Crippen LogP contribution in [0.5, 0.6) is 5.75 Å². The lowest BCUT2D eigenvalue weighted by molar-refractivity contribution is 0.108. The van der Waals surface area contributed by atoms with E-state index in [1.807, 2.05) is 12.1 Å². The molecule has 3 aromatic rings. The molecule has 0 radical (unpaired) electrons. The Bertz CT molecular complexity index is 732. The monoisotopic (exact) mass is 316 g/mol. The SMILES string of the molecule is OC(COc1ccc(-n2cnnn2)cc1)c1cccc(Cl)c1. The number of ether oxygens (including phenoxy) is 1. The molecule has 1 aromatic heterocycles. The summed E-state index contributed by atoms with van der Waals surface area (Å²) >= 11 is 5.90. The highest BCUT2D eigenvalue weighted by atomic mass is 35.5. The summed E-state index contributed by atoms with van der Waals surface area (Å²) in [6.45, 7) is 0.143. The van der Waals surface area contributed by atoms with E-state index in [4.69, 9.17) is 16.3 Å². The van der Waals surface area contributed by atoms with Gasteiger partial charge in [-0.05, 0) is 52.4 Å². The molecule has 0 saturated heterocycles. The van der Waals surface area contributed by atoms with Gasteiger partial charge in [-0.15, -0.1) is 5.10 Å². The maximum Gasteiger partial charge on any atom is 0.143 e. The molecule has 112 valence electrons. The van der Waals surface area contributed by atoms with Crippen LogP contribution >= 0.6 is 11.6 Å². The third kappa shape index (κ3) is 3.41. The van der Waals surface area contributed by atoms with E-state index in [9.17, 15) is 5.11 Å². The van der Waals surface area contributed by atoms with Crippen molar-refractivity contribution in [1.82, 2.24) is 20.2 Å². The van der Waals surface area contributed by atoms with Crippen molar-refractivity contribution < 1.29 is 9.84 Å². The first-order valence-electron chi connectivity index (χ1n) is 6.62. The molecule has 1 unspecified atom stereocenters. The molecule has 1 heterocycles. The second kappa shape index (κ2) is 6.55. The summed E-state index contributed by atoms with van der Waals surface area (Å²) in [4.78, 5) is 0. The largest absolute Gasteiger partial charge is 0.491 e. The number of benzene rings is 2. The van der Waals surface area contributed by atoms with Gasteiger partial charge < -0.3 is 9.84 Å². The predicted molar refractivity (Wildman–Crippen MR) is 81.1 cm³/mol. The molecule has 3 rings (SSSR count). The average Bonchev–Trinajstić information content (AvgIpc) is 3.07. The molecule has 0 spiro atoms. The van der Waals surface area contributed by atoms with Crippen molar-refractivity contribution in [3.05, 3.63) is 65.4 Å². The number of hydrogen-bond donors (Lipinski definition) is 1. The Labute approximate surface area is 131 Å². The van der Waals surface area contributed by atoms with E-state index in [2.05, 4.69) is 15.5 Å². The first-order chi connectivity index (χ1) is 10.7. The maximum atomic E-state index is 10.1. The molecule has 0 aliphatic carbocycles. The summed E-state index contributed by atoms with van der Waals surface area (Å²) in [6, 6.07) is 14.3. The summed E-state index contributed by atoms with van der Waals surface area (Å²) in [5, 5.41) is 21.6. The zero-order chi connectivity index (χ0) is 15.4. The summed E-state index contributed by atoms with van der Waals surface area (Å²) in [5.74, 6) is 0.651. The second-order valence-corrected chi connectivity index (χ2v) is 5.07. The Hall–Kier alpha value is -2.44. The highest BCUT2D eigenvalue weighted by Gasteiger charge is 2.09. The van der Waals surface area contributed by atoms with Crippen LogP contribution in [0.1, 0.15) is 11.7 Å². The summed E-state index contributed by atoms with van der Waals surface area (Å²) in [5.41, 5.74) is 1.55. The fourth-order valence-electron chi connectivity index (χ4n) is 1.96.